The largest absolute Gasteiger partial charge is 0.327 e. The zero-order chi connectivity index (χ0) is 14.2. The van der Waals surface area contributed by atoms with Crippen LogP contribution < -0.4 is 5.73 Å². The van der Waals surface area contributed by atoms with E-state index in [1.807, 2.05) is 18.2 Å². The van der Waals surface area contributed by atoms with Gasteiger partial charge in [-0.1, -0.05) is 6.07 Å². The molecule has 4 heteroatoms. The predicted octanol–water partition coefficient (Wildman–Crippen LogP) is 1.81. The molecule has 6 atom stereocenters. The summed E-state index contributed by atoms with van der Waals surface area (Å²) in [4.78, 5) is 19.1. The van der Waals surface area contributed by atoms with Gasteiger partial charge in [0, 0.05) is 11.7 Å². The number of carbonyl (C=O) groups excluding carboxylic acids is 1. The Morgan fingerprint density at radius 1 is 1.29 bits per heavy atom. The Kier molecular flexibility index (Phi) is 2.23. The minimum atomic E-state index is 0.0749. The average molecular weight is 283 g/mol. The van der Waals surface area contributed by atoms with Crippen molar-refractivity contribution in [3.63, 3.8) is 0 Å². The smallest absolute Gasteiger partial charge is 0.273 e. The average Bonchev–Trinajstić information content (AvgIpc) is 3.11. The Balaban J connectivity index is 1.45. The first kappa shape index (κ1) is 12.2. The minimum absolute atomic E-state index is 0.0749. The van der Waals surface area contributed by atoms with Crippen LogP contribution >= 0.6 is 0 Å². The monoisotopic (exact) mass is 283 g/mol. The third-order valence-electron chi connectivity index (χ3n) is 6.36. The molecular formula is C17H21N3O. The second-order valence-electron chi connectivity index (χ2n) is 7.72. The zero-order valence-corrected chi connectivity index (χ0v) is 12.1. The molecule has 110 valence electrons. The summed E-state index contributed by atoms with van der Waals surface area (Å²) in [6.07, 6.45) is 7.70. The molecule has 3 bridgehead atoms. The van der Waals surface area contributed by atoms with E-state index in [-0.39, 0.29) is 11.4 Å². The summed E-state index contributed by atoms with van der Waals surface area (Å²) in [5, 5.41) is 0. The maximum absolute atomic E-state index is 12.7. The first-order valence-electron chi connectivity index (χ1n) is 8.17. The van der Waals surface area contributed by atoms with Crippen molar-refractivity contribution in [3.05, 3.63) is 30.1 Å². The number of pyridine rings is 1. The third kappa shape index (κ3) is 1.65. The number of aromatic nitrogens is 1. The molecule has 6 unspecified atom stereocenters. The molecule has 21 heavy (non-hydrogen) atoms. The number of rotatable bonds is 1. The molecule has 1 aromatic rings. The second kappa shape index (κ2) is 3.86. The Hall–Kier alpha value is -1.42. The van der Waals surface area contributed by atoms with E-state index in [1.165, 1.54) is 19.3 Å². The summed E-state index contributed by atoms with van der Waals surface area (Å²) in [7, 11) is 0. The summed E-state index contributed by atoms with van der Waals surface area (Å²) in [5.41, 5.74) is 7.26. The van der Waals surface area contributed by atoms with Gasteiger partial charge in [-0.2, -0.15) is 0 Å². The van der Waals surface area contributed by atoms with Crippen LogP contribution in [0.25, 0.3) is 0 Å². The van der Waals surface area contributed by atoms with E-state index in [9.17, 15) is 4.79 Å². The fourth-order valence-corrected chi connectivity index (χ4v) is 5.78. The SMILES string of the molecule is NC12CC3CC(C1)C(C2)C1C(C3)N1C(=O)c1ccccn1. The lowest BCUT2D eigenvalue weighted by Crippen LogP contribution is -2.42. The van der Waals surface area contributed by atoms with Crippen molar-refractivity contribution < 1.29 is 4.79 Å². The van der Waals surface area contributed by atoms with Crippen LogP contribution in [-0.2, 0) is 0 Å². The van der Waals surface area contributed by atoms with Gasteiger partial charge in [0.2, 0.25) is 0 Å². The Labute approximate surface area is 124 Å². The van der Waals surface area contributed by atoms with Gasteiger partial charge in [0.05, 0.1) is 12.1 Å². The van der Waals surface area contributed by atoms with Crippen LogP contribution in [-0.4, -0.2) is 33.4 Å². The van der Waals surface area contributed by atoms with E-state index in [0.717, 1.165) is 24.7 Å². The first-order valence-corrected chi connectivity index (χ1v) is 8.17. The molecule has 0 radical (unpaired) electrons. The van der Waals surface area contributed by atoms with Crippen LogP contribution in [0.15, 0.2) is 24.4 Å². The van der Waals surface area contributed by atoms with Crippen LogP contribution in [0.4, 0.5) is 0 Å². The topological polar surface area (TPSA) is 59.0 Å². The molecule has 2 N–H and O–H groups in total. The third-order valence-corrected chi connectivity index (χ3v) is 6.36. The predicted molar refractivity (Wildman–Crippen MR) is 78.5 cm³/mol. The van der Waals surface area contributed by atoms with Gasteiger partial charge in [-0.05, 0) is 62.0 Å². The molecule has 4 aliphatic rings. The molecule has 5 rings (SSSR count). The highest BCUT2D eigenvalue weighted by Crippen LogP contribution is 2.60. The fourth-order valence-electron chi connectivity index (χ4n) is 5.78. The molecule has 4 fully saturated rings. The summed E-state index contributed by atoms with van der Waals surface area (Å²) >= 11 is 0. The van der Waals surface area contributed by atoms with Crippen molar-refractivity contribution in [2.75, 3.05) is 0 Å². The van der Waals surface area contributed by atoms with Crippen molar-refractivity contribution in [1.82, 2.24) is 9.88 Å². The summed E-state index contributed by atoms with van der Waals surface area (Å²) in [6, 6.07) is 6.49. The van der Waals surface area contributed by atoms with Crippen molar-refractivity contribution in [1.29, 1.82) is 0 Å². The number of likely N-dealkylation sites (tertiary alicyclic amines) is 1. The molecule has 0 aromatic carbocycles. The molecule has 3 saturated carbocycles. The van der Waals surface area contributed by atoms with Gasteiger partial charge in [0.1, 0.15) is 5.69 Å². The maximum atomic E-state index is 12.7. The highest BCUT2D eigenvalue weighted by molar-refractivity contribution is 5.94. The van der Waals surface area contributed by atoms with Crippen molar-refractivity contribution in [2.45, 2.75) is 49.7 Å². The summed E-state index contributed by atoms with van der Waals surface area (Å²) in [5.74, 6) is 2.25. The number of carbonyl (C=O) groups is 1. The molecule has 4 nitrogen and oxygen atoms in total. The molecule has 3 aliphatic carbocycles. The number of amides is 1. The molecule has 1 amide bonds. The van der Waals surface area contributed by atoms with E-state index in [1.54, 1.807) is 6.20 Å². The van der Waals surface area contributed by atoms with Crippen LogP contribution in [0.5, 0.6) is 0 Å². The van der Waals surface area contributed by atoms with Gasteiger partial charge in [-0.25, -0.2) is 0 Å². The van der Waals surface area contributed by atoms with Crippen molar-refractivity contribution >= 4 is 5.91 Å². The zero-order valence-electron chi connectivity index (χ0n) is 12.1. The van der Waals surface area contributed by atoms with Gasteiger partial charge in [0.15, 0.2) is 0 Å². The van der Waals surface area contributed by atoms with Crippen molar-refractivity contribution in [2.24, 2.45) is 23.5 Å². The van der Waals surface area contributed by atoms with E-state index < -0.39 is 0 Å². The van der Waals surface area contributed by atoms with Gasteiger partial charge < -0.3 is 10.6 Å². The van der Waals surface area contributed by atoms with Gasteiger partial charge in [0.25, 0.3) is 5.91 Å². The Morgan fingerprint density at radius 2 is 2.19 bits per heavy atom. The number of nitrogens with two attached hydrogens (primary N) is 1. The number of nitrogens with zero attached hydrogens (tertiary/aromatic N) is 2. The molecule has 1 aliphatic heterocycles. The highest BCUT2D eigenvalue weighted by Gasteiger charge is 2.64. The summed E-state index contributed by atoms with van der Waals surface area (Å²) < 4.78 is 0. The Morgan fingerprint density at radius 3 is 3.00 bits per heavy atom. The van der Waals surface area contributed by atoms with E-state index in [0.29, 0.717) is 23.7 Å². The fraction of sp³-hybridized carbons (Fsp3) is 0.647. The van der Waals surface area contributed by atoms with Crippen LogP contribution in [0.2, 0.25) is 0 Å². The second-order valence-corrected chi connectivity index (χ2v) is 7.72. The summed E-state index contributed by atoms with van der Waals surface area (Å²) in [6.45, 7) is 0. The van der Waals surface area contributed by atoms with E-state index in [2.05, 4.69) is 9.88 Å². The molecule has 0 spiro atoms. The highest BCUT2D eigenvalue weighted by atomic mass is 16.2. The standard InChI is InChI=1S/C17H21N3O/c18-17-7-10-5-11(8-17)12(9-17)15-14(6-10)20(15)16(21)13-3-1-2-4-19-13/h1-4,10-12,14-15H,5-9,18H2. The molecule has 1 aromatic heterocycles. The van der Waals surface area contributed by atoms with E-state index in [4.69, 9.17) is 5.73 Å². The van der Waals surface area contributed by atoms with Crippen LogP contribution in [0, 0.1) is 17.8 Å². The lowest BCUT2D eigenvalue weighted by molar-refractivity contribution is 0.0835. The molecule has 2 heterocycles. The minimum Gasteiger partial charge on any atom is -0.327 e. The first-order chi connectivity index (χ1) is 10.1. The van der Waals surface area contributed by atoms with Gasteiger partial charge >= 0.3 is 0 Å². The lowest BCUT2D eigenvalue weighted by atomic mass is 9.75. The maximum Gasteiger partial charge on any atom is 0.273 e. The van der Waals surface area contributed by atoms with E-state index >= 15 is 0 Å². The number of fused-ring (bicyclic) bond motifs is 4. The van der Waals surface area contributed by atoms with Crippen LogP contribution in [0.3, 0.4) is 0 Å². The normalized spacial score (nSPS) is 46.1. The van der Waals surface area contributed by atoms with Gasteiger partial charge in [-0.15, -0.1) is 0 Å². The van der Waals surface area contributed by atoms with Crippen molar-refractivity contribution in [3.8, 4) is 0 Å². The number of hydrogen-bond donors (Lipinski definition) is 1. The lowest BCUT2D eigenvalue weighted by Gasteiger charge is -2.34. The number of hydrogen-bond acceptors (Lipinski definition) is 3. The van der Waals surface area contributed by atoms with Gasteiger partial charge in [-0.3, -0.25) is 9.78 Å². The van der Waals surface area contributed by atoms with Crippen LogP contribution in [0.1, 0.15) is 42.6 Å². The quantitative estimate of drug-likeness (QED) is 0.800. The molecule has 1 saturated heterocycles. The molecular weight excluding hydrogens is 262 g/mol. The Bertz CT molecular complexity index is 603.